The van der Waals surface area contributed by atoms with Gasteiger partial charge < -0.3 is 15.0 Å². The van der Waals surface area contributed by atoms with Gasteiger partial charge in [-0.15, -0.1) is 0 Å². The molecule has 1 aromatic rings. The number of anilines is 1. The van der Waals surface area contributed by atoms with Crippen molar-refractivity contribution in [1.29, 1.82) is 0 Å². The van der Waals surface area contributed by atoms with Crippen molar-refractivity contribution in [2.75, 3.05) is 38.1 Å². The third-order valence-electron chi connectivity index (χ3n) is 6.04. The number of rotatable bonds is 4. The van der Waals surface area contributed by atoms with E-state index in [4.69, 9.17) is 4.74 Å². The maximum absolute atomic E-state index is 12.9. The number of nitrogens with zero attached hydrogens (tertiary/aromatic N) is 2. The highest BCUT2D eigenvalue weighted by molar-refractivity contribution is 5.98. The van der Waals surface area contributed by atoms with Crippen molar-refractivity contribution < 1.29 is 14.3 Å². The van der Waals surface area contributed by atoms with Gasteiger partial charge in [-0.25, -0.2) is 0 Å². The lowest BCUT2D eigenvalue weighted by molar-refractivity contribution is -0.124. The number of nitrogens with one attached hydrogen (secondary N) is 1. The number of benzene rings is 1. The molecule has 1 saturated carbocycles. The Labute approximate surface area is 160 Å². The first-order valence-corrected chi connectivity index (χ1v) is 10.3. The topological polar surface area (TPSA) is 61.9 Å². The van der Waals surface area contributed by atoms with Crippen LogP contribution in [-0.2, 0) is 9.53 Å². The quantitative estimate of drug-likeness (QED) is 0.883. The van der Waals surface area contributed by atoms with Gasteiger partial charge in [0.2, 0.25) is 0 Å². The highest BCUT2D eigenvalue weighted by Crippen LogP contribution is 2.25. The van der Waals surface area contributed by atoms with E-state index in [0.29, 0.717) is 17.9 Å². The molecule has 6 nitrogen and oxygen atoms in total. The molecule has 27 heavy (non-hydrogen) atoms. The van der Waals surface area contributed by atoms with Crippen LogP contribution in [0, 0.1) is 0 Å². The van der Waals surface area contributed by atoms with Crippen LogP contribution in [0.4, 0.5) is 5.69 Å². The third kappa shape index (κ3) is 4.33. The average molecular weight is 371 g/mol. The van der Waals surface area contributed by atoms with E-state index in [-0.39, 0.29) is 17.9 Å². The van der Waals surface area contributed by atoms with Crippen LogP contribution in [0.2, 0.25) is 0 Å². The molecule has 146 valence electrons. The fourth-order valence-electron chi connectivity index (χ4n) is 4.48. The van der Waals surface area contributed by atoms with Crippen LogP contribution in [0.25, 0.3) is 0 Å². The molecule has 0 spiro atoms. The smallest absolute Gasteiger partial charge is 0.254 e. The minimum Gasteiger partial charge on any atom is -0.368 e. The Balaban J connectivity index is 1.34. The summed E-state index contributed by atoms with van der Waals surface area (Å²) in [5, 5.41) is 2.88. The molecule has 3 fully saturated rings. The van der Waals surface area contributed by atoms with Crippen LogP contribution in [0.15, 0.2) is 24.3 Å². The second kappa shape index (κ2) is 8.40. The normalized spacial score (nSPS) is 24.3. The maximum Gasteiger partial charge on any atom is 0.254 e. The summed E-state index contributed by atoms with van der Waals surface area (Å²) in [6.45, 7) is 4.13. The van der Waals surface area contributed by atoms with Crippen LogP contribution < -0.4 is 5.32 Å². The van der Waals surface area contributed by atoms with Gasteiger partial charge in [-0.3, -0.25) is 14.5 Å². The first kappa shape index (κ1) is 18.4. The number of piperazine rings is 1. The van der Waals surface area contributed by atoms with E-state index in [1.165, 1.54) is 25.7 Å². The second-order valence-electron chi connectivity index (χ2n) is 7.84. The molecule has 2 heterocycles. The molecule has 6 heteroatoms. The van der Waals surface area contributed by atoms with Crippen molar-refractivity contribution in [2.24, 2.45) is 0 Å². The summed E-state index contributed by atoms with van der Waals surface area (Å²) in [5.41, 5.74) is 1.29. The zero-order valence-corrected chi connectivity index (χ0v) is 15.9. The van der Waals surface area contributed by atoms with Gasteiger partial charge in [0, 0.05) is 50.1 Å². The lowest BCUT2D eigenvalue weighted by atomic mass is 10.1. The minimum absolute atomic E-state index is 0.0503. The Morgan fingerprint density at radius 2 is 1.78 bits per heavy atom. The van der Waals surface area contributed by atoms with Crippen LogP contribution in [0.3, 0.4) is 0 Å². The fraction of sp³-hybridized carbons (Fsp3) is 0.619. The Hall–Kier alpha value is -1.92. The molecule has 0 radical (unpaired) electrons. The van der Waals surface area contributed by atoms with Gasteiger partial charge in [0.05, 0.1) is 0 Å². The van der Waals surface area contributed by atoms with Gasteiger partial charge in [0.25, 0.3) is 11.8 Å². The monoisotopic (exact) mass is 371 g/mol. The van der Waals surface area contributed by atoms with Gasteiger partial charge in [-0.2, -0.15) is 0 Å². The Morgan fingerprint density at radius 1 is 1.00 bits per heavy atom. The van der Waals surface area contributed by atoms with Gasteiger partial charge in [-0.05, 0) is 43.9 Å². The van der Waals surface area contributed by atoms with Crippen LogP contribution in [0.1, 0.15) is 48.9 Å². The first-order valence-electron chi connectivity index (χ1n) is 10.3. The van der Waals surface area contributed by atoms with E-state index in [1.807, 2.05) is 23.1 Å². The molecule has 1 aliphatic carbocycles. The molecule has 0 aromatic heterocycles. The zero-order valence-electron chi connectivity index (χ0n) is 15.9. The molecule has 4 rings (SSSR count). The van der Waals surface area contributed by atoms with Crippen molar-refractivity contribution in [3.63, 3.8) is 0 Å². The average Bonchev–Trinajstić information content (AvgIpc) is 3.42. The summed E-state index contributed by atoms with van der Waals surface area (Å²) < 4.78 is 5.42. The first-order chi connectivity index (χ1) is 13.2. The molecule has 1 aromatic carbocycles. The van der Waals surface area contributed by atoms with Gasteiger partial charge in [-0.1, -0.05) is 18.9 Å². The van der Waals surface area contributed by atoms with E-state index >= 15 is 0 Å². The molecule has 1 unspecified atom stereocenters. The molecule has 0 bridgehead atoms. The summed E-state index contributed by atoms with van der Waals surface area (Å²) in [4.78, 5) is 29.6. The minimum atomic E-state index is -0.368. The highest BCUT2D eigenvalue weighted by atomic mass is 16.5. The Bertz CT molecular complexity index is 673. The van der Waals surface area contributed by atoms with Gasteiger partial charge >= 0.3 is 0 Å². The highest BCUT2D eigenvalue weighted by Gasteiger charge is 2.28. The lowest BCUT2D eigenvalue weighted by Gasteiger charge is -2.38. The van der Waals surface area contributed by atoms with Crippen molar-refractivity contribution in [1.82, 2.24) is 9.80 Å². The van der Waals surface area contributed by atoms with Crippen molar-refractivity contribution in [3.05, 3.63) is 29.8 Å². The van der Waals surface area contributed by atoms with E-state index in [1.54, 1.807) is 6.07 Å². The molecular formula is C21H29N3O3. The van der Waals surface area contributed by atoms with E-state index < -0.39 is 0 Å². The summed E-state index contributed by atoms with van der Waals surface area (Å²) in [6.07, 6.45) is 6.61. The Morgan fingerprint density at radius 3 is 2.48 bits per heavy atom. The fourth-order valence-corrected chi connectivity index (χ4v) is 4.48. The molecule has 2 amide bonds. The number of carbonyl (C=O) groups is 2. The van der Waals surface area contributed by atoms with Gasteiger partial charge in [0.15, 0.2) is 0 Å². The molecule has 3 aliphatic rings. The van der Waals surface area contributed by atoms with Crippen molar-refractivity contribution in [3.8, 4) is 0 Å². The van der Waals surface area contributed by atoms with E-state index in [2.05, 4.69) is 10.2 Å². The number of hydrogen-bond acceptors (Lipinski definition) is 4. The third-order valence-corrected chi connectivity index (χ3v) is 6.04. The summed E-state index contributed by atoms with van der Waals surface area (Å²) in [6, 6.07) is 7.97. The van der Waals surface area contributed by atoms with Crippen LogP contribution in [0.5, 0.6) is 0 Å². The number of amides is 2. The molecule has 2 aliphatic heterocycles. The molecule has 2 saturated heterocycles. The lowest BCUT2D eigenvalue weighted by Crippen LogP contribution is -2.51. The molecule has 1 N–H and O–H groups in total. The van der Waals surface area contributed by atoms with Crippen molar-refractivity contribution >= 4 is 17.5 Å². The molecule has 1 atom stereocenters. The summed E-state index contributed by atoms with van der Waals surface area (Å²) >= 11 is 0. The number of hydrogen-bond donors (Lipinski definition) is 1. The van der Waals surface area contributed by atoms with Crippen LogP contribution >= 0.6 is 0 Å². The summed E-state index contributed by atoms with van der Waals surface area (Å²) in [5.74, 6) is -0.0726. The number of carbonyl (C=O) groups excluding carboxylic acids is 2. The number of ether oxygens (including phenoxy) is 1. The SMILES string of the molecule is O=C(Nc1cccc(C(=O)N2CCN(C3CCCC3)CC2)c1)C1CCCO1. The zero-order chi connectivity index (χ0) is 18.6. The standard InChI is InChI=1S/C21H29N3O3/c25-20(19-9-4-14-27-19)22-17-6-3-5-16(15-17)21(26)24-12-10-23(11-13-24)18-7-1-2-8-18/h3,5-6,15,18-19H,1-2,4,7-14H2,(H,22,25). The predicted octanol–water partition coefficient (Wildman–Crippen LogP) is 2.50. The largest absolute Gasteiger partial charge is 0.368 e. The van der Waals surface area contributed by atoms with Crippen molar-refractivity contribution in [2.45, 2.75) is 50.7 Å². The van der Waals surface area contributed by atoms with Crippen LogP contribution in [-0.4, -0.2) is 66.5 Å². The molecular weight excluding hydrogens is 342 g/mol. The van der Waals surface area contributed by atoms with E-state index in [0.717, 1.165) is 45.1 Å². The maximum atomic E-state index is 12.9. The summed E-state index contributed by atoms with van der Waals surface area (Å²) in [7, 11) is 0. The van der Waals surface area contributed by atoms with Gasteiger partial charge in [0.1, 0.15) is 6.10 Å². The van der Waals surface area contributed by atoms with E-state index in [9.17, 15) is 9.59 Å². The second-order valence-corrected chi connectivity index (χ2v) is 7.84. The predicted molar refractivity (Wildman–Crippen MR) is 104 cm³/mol. The Kier molecular flexibility index (Phi) is 5.74.